The van der Waals surface area contributed by atoms with Gasteiger partial charge >= 0.3 is 0 Å². The molecule has 2 rings (SSSR count). The molecule has 1 saturated carbocycles. The van der Waals surface area contributed by atoms with Crippen molar-refractivity contribution < 1.29 is 8.78 Å². The van der Waals surface area contributed by atoms with Crippen molar-refractivity contribution in [2.24, 2.45) is 11.8 Å². The molecule has 2 heteroatoms. The Kier molecular flexibility index (Phi) is 7.35. The average molecular weight is 308 g/mol. The summed E-state index contributed by atoms with van der Waals surface area (Å²) in [4.78, 5) is 0. The van der Waals surface area contributed by atoms with Gasteiger partial charge in [0.05, 0.1) is 0 Å². The van der Waals surface area contributed by atoms with E-state index in [1.807, 2.05) is 0 Å². The fraction of sp³-hybridized carbons (Fsp3) is 0.700. The fourth-order valence-corrected chi connectivity index (χ4v) is 3.73. The average Bonchev–Trinajstić information content (AvgIpc) is 2.54. The molecule has 0 aliphatic heterocycles. The minimum Gasteiger partial charge on any atom is -0.204 e. The SMILES string of the molecule is CCCCCCC1CCC(CCc2ccc(F)c(F)c2)CC1. The van der Waals surface area contributed by atoms with Crippen LogP contribution < -0.4 is 0 Å². The highest BCUT2D eigenvalue weighted by Gasteiger charge is 2.20. The molecule has 1 aliphatic rings. The molecule has 0 spiro atoms. The highest BCUT2D eigenvalue weighted by Crippen LogP contribution is 2.34. The van der Waals surface area contributed by atoms with Crippen LogP contribution in [0.3, 0.4) is 0 Å². The lowest BCUT2D eigenvalue weighted by atomic mass is 9.78. The van der Waals surface area contributed by atoms with Gasteiger partial charge in [-0.15, -0.1) is 0 Å². The Morgan fingerprint density at radius 1 is 0.864 bits per heavy atom. The van der Waals surface area contributed by atoms with E-state index in [4.69, 9.17) is 0 Å². The molecule has 0 aromatic heterocycles. The van der Waals surface area contributed by atoms with E-state index in [2.05, 4.69) is 6.92 Å². The molecule has 0 amide bonds. The van der Waals surface area contributed by atoms with Crippen molar-refractivity contribution in [1.82, 2.24) is 0 Å². The minimum atomic E-state index is -0.743. The maximum absolute atomic E-state index is 13.2. The first-order chi connectivity index (χ1) is 10.7. The number of hydrogen-bond donors (Lipinski definition) is 0. The largest absolute Gasteiger partial charge is 0.204 e. The van der Waals surface area contributed by atoms with Crippen molar-refractivity contribution in [2.75, 3.05) is 0 Å². The number of rotatable bonds is 8. The van der Waals surface area contributed by atoms with E-state index in [0.717, 1.165) is 30.2 Å². The van der Waals surface area contributed by atoms with Crippen molar-refractivity contribution >= 4 is 0 Å². The van der Waals surface area contributed by atoms with Crippen molar-refractivity contribution in [3.8, 4) is 0 Å². The normalized spacial score (nSPS) is 22.0. The third kappa shape index (κ3) is 5.70. The third-order valence-corrected chi connectivity index (χ3v) is 5.26. The third-order valence-electron chi connectivity index (χ3n) is 5.26. The zero-order valence-electron chi connectivity index (χ0n) is 13.9. The summed E-state index contributed by atoms with van der Waals surface area (Å²) in [6, 6.07) is 4.32. The molecule has 0 bridgehead atoms. The molecule has 124 valence electrons. The maximum Gasteiger partial charge on any atom is 0.159 e. The Morgan fingerprint density at radius 2 is 1.55 bits per heavy atom. The summed E-state index contributed by atoms with van der Waals surface area (Å²) in [5.74, 6) is 0.261. The maximum atomic E-state index is 13.2. The first-order valence-corrected chi connectivity index (χ1v) is 9.13. The van der Waals surface area contributed by atoms with Gasteiger partial charge in [0.15, 0.2) is 11.6 Å². The molecule has 0 unspecified atom stereocenters. The summed E-state index contributed by atoms with van der Waals surface area (Å²) in [6.45, 7) is 2.26. The minimum absolute atomic E-state index is 0.715. The van der Waals surface area contributed by atoms with E-state index >= 15 is 0 Å². The first-order valence-electron chi connectivity index (χ1n) is 9.13. The van der Waals surface area contributed by atoms with Crippen LogP contribution in [0.25, 0.3) is 0 Å². The lowest BCUT2D eigenvalue weighted by Crippen LogP contribution is -2.15. The summed E-state index contributed by atoms with van der Waals surface area (Å²) < 4.78 is 26.1. The summed E-state index contributed by atoms with van der Waals surface area (Å²) in [5, 5.41) is 0. The molecule has 0 nitrogen and oxygen atoms in total. The number of unbranched alkanes of at least 4 members (excludes halogenated alkanes) is 3. The Balaban J connectivity index is 1.63. The lowest BCUT2D eigenvalue weighted by Gasteiger charge is -2.28. The molecule has 22 heavy (non-hydrogen) atoms. The van der Waals surface area contributed by atoms with Crippen LogP contribution in [-0.2, 0) is 6.42 Å². The van der Waals surface area contributed by atoms with Crippen LogP contribution in [-0.4, -0.2) is 0 Å². The predicted molar refractivity (Wildman–Crippen MR) is 88.9 cm³/mol. The van der Waals surface area contributed by atoms with Crippen LogP contribution in [0.2, 0.25) is 0 Å². The van der Waals surface area contributed by atoms with Gasteiger partial charge in [-0.25, -0.2) is 8.78 Å². The molecule has 0 heterocycles. The van der Waals surface area contributed by atoms with Gasteiger partial charge in [0, 0.05) is 0 Å². The molecule has 0 radical (unpaired) electrons. The summed E-state index contributed by atoms with van der Waals surface area (Å²) in [7, 11) is 0. The number of aryl methyl sites for hydroxylation is 1. The van der Waals surface area contributed by atoms with E-state index in [1.54, 1.807) is 6.07 Å². The van der Waals surface area contributed by atoms with Gasteiger partial charge in [0.1, 0.15) is 0 Å². The van der Waals surface area contributed by atoms with Crippen molar-refractivity contribution in [2.45, 2.75) is 77.6 Å². The van der Waals surface area contributed by atoms with Crippen LogP contribution in [0.15, 0.2) is 18.2 Å². The second-order valence-electron chi connectivity index (χ2n) is 7.02. The summed E-state index contributed by atoms with van der Waals surface area (Å²) in [6.07, 6.45) is 14.3. The van der Waals surface area contributed by atoms with Crippen molar-refractivity contribution in [3.05, 3.63) is 35.4 Å². The van der Waals surface area contributed by atoms with Gasteiger partial charge in [0.25, 0.3) is 0 Å². The smallest absolute Gasteiger partial charge is 0.159 e. The van der Waals surface area contributed by atoms with Crippen LogP contribution >= 0.6 is 0 Å². The van der Waals surface area contributed by atoms with Crippen LogP contribution in [0.5, 0.6) is 0 Å². The van der Waals surface area contributed by atoms with Gasteiger partial charge in [-0.2, -0.15) is 0 Å². The molecule has 0 atom stereocenters. The quantitative estimate of drug-likeness (QED) is 0.470. The molecule has 1 aliphatic carbocycles. The zero-order valence-corrected chi connectivity index (χ0v) is 13.9. The highest BCUT2D eigenvalue weighted by molar-refractivity contribution is 5.17. The number of halogens is 2. The monoisotopic (exact) mass is 308 g/mol. The Morgan fingerprint density at radius 3 is 2.18 bits per heavy atom. The van der Waals surface area contributed by atoms with Gasteiger partial charge in [-0.3, -0.25) is 0 Å². The Hall–Kier alpha value is -0.920. The second-order valence-corrected chi connectivity index (χ2v) is 7.02. The topological polar surface area (TPSA) is 0 Å². The molecule has 1 aromatic rings. The molecular weight excluding hydrogens is 278 g/mol. The van der Waals surface area contributed by atoms with Crippen LogP contribution in [0.1, 0.15) is 76.7 Å². The molecular formula is C20H30F2. The summed E-state index contributed by atoms with van der Waals surface area (Å²) >= 11 is 0. The lowest BCUT2D eigenvalue weighted by molar-refractivity contribution is 0.249. The van der Waals surface area contributed by atoms with E-state index in [-0.39, 0.29) is 0 Å². The highest BCUT2D eigenvalue weighted by atomic mass is 19.2. The van der Waals surface area contributed by atoms with Crippen molar-refractivity contribution in [1.29, 1.82) is 0 Å². The predicted octanol–water partition coefficient (Wildman–Crippen LogP) is 6.67. The van der Waals surface area contributed by atoms with Gasteiger partial charge in [-0.05, 0) is 42.4 Å². The molecule has 0 saturated heterocycles. The molecule has 0 N–H and O–H groups in total. The van der Waals surface area contributed by atoms with E-state index < -0.39 is 11.6 Å². The van der Waals surface area contributed by atoms with Crippen molar-refractivity contribution in [3.63, 3.8) is 0 Å². The fourth-order valence-electron chi connectivity index (χ4n) is 3.73. The zero-order chi connectivity index (χ0) is 15.8. The van der Waals surface area contributed by atoms with Gasteiger partial charge in [0.2, 0.25) is 0 Å². The second kappa shape index (κ2) is 9.27. The Bertz CT molecular complexity index is 433. The molecule has 1 aromatic carbocycles. The van der Waals surface area contributed by atoms with E-state index in [1.165, 1.54) is 69.9 Å². The van der Waals surface area contributed by atoms with Crippen LogP contribution in [0.4, 0.5) is 8.78 Å². The summed E-state index contributed by atoms with van der Waals surface area (Å²) in [5.41, 5.74) is 0.931. The number of hydrogen-bond acceptors (Lipinski definition) is 0. The van der Waals surface area contributed by atoms with Crippen LogP contribution in [0, 0.1) is 23.5 Å². The standard InChI is InChI=1S/C20H30F2/c1-2-3-4-5-6-16-7-9-17(10-8-16)11-12-18-13-14-19(21)20(22)15-18/h13-17H,2-12H2,1H3. The Labute approximate surface area is 134 Å². The van der Waals surface area contributed by atoms with E-state index in [0.29, 0.717) is 0 Å². The number of benzene rings is 1. The van der Waals surface area contributed by atoms with E-state index in [9.17, 15) is 8.78 Å². The van der Waals surface area contributed by atoms with Gasteiger partial charge < -0.3 is 0 Å². The molecule has 1 fully saturated rings. The first kappa shape index (κ1) is 17.4. The van der Waals surface area contributed by atoms with Gasteiger partial charge in [-0.1, -0.05) is 70.8 Å².